The van der Waals surface area contributed by atoms with Crippen molar-refractivity contribution in [2.75, 3.05) is 26.2 Å². The molecule has 0 saturated carbocycles. The number of piperazine rings is 1. The van der Waals surface area contributed by atoms with Crippen molar-refractivity contribution in [1.82, 2.24) is 29.8 Å². The highest BCUT2D eigenvalue weighted by atomic mass is 19.1. The molecule has 0 unspecified atom stereocenters. The molecule has 1 aliphatic rings. The fourth-order valence-corrected chi connectivity index (χ4v) is 3.61. The van der Waals surface area contributed by atoms with Gasteiger partial charge < -0.3 is 9.64 Å². The number of ether oxygens (including phenoxy) is 1. The molecular weight excluding hydrogens is 411 g/mol. The fraction of sp³-hybridized carbons (Fsp3) is 0.391. The van der Waals surface area contributed by atoms with E-state index < -0.39 is 5.60 Å². The van der Waals surface area contributed by atoms with Gasteiger partial charge in [0, 0.05) is 50.7 Å². The van der Waals surface area contributed by atoms with Gasteiger partial charge in [0.05, 0.1) is 11.4 Å². The number of carbonyl (C=O) groups excluding carboxylic acids is 1. The lowest BCUT2D eigenvalue weighted by molar-refractivity contribution is 0.0138. The molecule has 1 aromatic carbocycles. The van der Waals surface area contributed by atoms with Crippen LogP contribution in [0.3, 0.4) is 0 Å². The third kappa shape index (κ3) is 5.11. The quantitative estimate of drug-likeness (QED) is 0.620. The molecule has 0 bridgehead atoms. The fourth-order valence-electron chi connectivity index (χ4n) is 3.61. The van der Waals surface area contributed by atoms with E-state index >= 15 is 0 Å². The van der Waals surface area contributed by atoms with Crippen molar-refractivity contribution in [2.24, 2.45) is 0 Å². The van der Waals surface area contributed by atoms with Gasteiger partial charge in [-0.1, -0.05) is 5.21 Å². The largest absolute Gasteiger partial charge is 0.444 e. The average molecular weight is 439 g/mol. The molecule has 0 N–H and O–H groups in total. The molecule has 8 nitrogen and oxygen atoms in total. The first-order chi connectivity index (χ1) is 15.3. The van der Waals surface area contributed by atoms with E-state index in [1.165, 1.54) is 12.1 Å². The number of hydrogen-bond acceptors (Lipinski definition) is 6. The van der Waals surface area contributed by atoms with Crippen molar-refractivity contribution in [3.05, 3.63) is 60.3 Å². The molecule has 9 heteroatoms. The van der Waals surface area contributed by atoms with Gasteiger partial charge >= 0.3 is 6.09 Å². The summed E-state index contributed by atoms with van der Waals surface area (Å²) in [5.74, 6) is -0.303. The number of hydrogen-bond donors (Lipinski definition) is 0. The number of rotatable bonds is 4. The predicted molar refractivity (Wildman–Crippen MR) is 118 cm³/mol. The van der Waals surface area contributed by atoms with Gasteiger partial charge in [-0.3, -0.25) is 9.88 Å². The number of amides is 1. The van der Waals surface area contributed by atoms with Crippen LogP contribution in [0.25, 0.3) is 16.9 Å². The molecule has 0 atom stereocenters. The van der Waals surface area contributed by atoms with Gasteiger partial charge in [0.15, 0.2) is 0 Å². The number of halogens is 1. The van der Waals surface area contributed by atoms with Crippen LogP contribution >= 0.6 is 0 Å². The molecule has 0 spiro atoms. The molecule has 4 rings (SSSR count). The van der Waals surface area contributed by atoms with E-state index in [0.29, 0.717) is 32.7 Å². The van der Waals surface area contributed by atoms with E-state index in [1.807, 2.05) is 32.9 Å². The van der Waals surface area contributed by atoms with Crippen molar-refractivity contribution in [3.8, 4) is 16.9 Å². The molecule has 1 aliphatic heterocycles. The first-order valence-corrected chi connectivity index (χ1v) is 10.6. The van der Waals surface area contributed by atoms with Crippen molar-refractivity contribution >= 4 is 6.09 Å². The third-order valence-electron chi connectivity index (χ3n) is 5.16. The first kappa shape index (κ1) is 21.9. The number of pyridine rings is 1. The summed E-state index contributed by atoms with van der Waals surface area (Å²) in [6.07, 6.45) is 3.17. The maximum absolute atomic E-state index is 13.4. The Hall–Kier alpha value is -3.33. The smallest absolute Gasteiger partial charge is 0.410 e. The van der Waals surface area contributed by atoms with E-state index in [2.05, 4.69) is 20.2 Å². The highest BCUT2D eigenvalue weighted by Crippen LogP contribution is 2.26. The Bertz CT molecular complexity index is 1050. The Morgan fingerprint density at radius 1 is 1.03 bits per heavy atom. The molecule has 1 fully saturated rings. The summed E-state index contributed by atoms with van der Waals surface area (Å²) in [5.41, 5.74) is 2.80. The van der Waals surface area contributed by atoms with Gasteiger partial charge in [-0.15, -0.1) is 5.10 Å². The monoisotopic (exact) mass is 438 g/mol. The molecule has 2 aromatic heterocycles. The summed E-state index contributed by atoms with van der Waals surface area (Å²) in [6, 6.07) is 9.98. The van der Waals surface area contributed by atoms with Crippen molar-refractivity contribution in [1.29, 1.82) is 0 Å². The number of nitrogens with zero attached hydrogens (tertiary/aromatic N) is 6. The maximum atomic E-state index is 13.4. The Kier molecular flexibility index (Phi) is 6.18. The molecule has 1 amide bonds. The SMILES string of the molecule is CC(C)(C)OC(=O)N1CCN(Cc2nnn(-c3ccc(F)cc3)c2-c2ccncc2)CC1. The summed E-state index contributed by atoms with van der Waals surface area (Å²) in [4.78, 5) is 20.4. The topological polar surface area (TPSA) is 76.4 Å². The Morgan fingerprint density at radius 2 is 1.69 bits per heavy atom. The second-order valence-corrected chi connectivity index (χ2v) is 8.75. The zero-order chi connectivity index (χ0) is 22.7. The Morgan fingerprint density at radius 3 is 2.31 bits per heavy atom. The molecule has 1 saturated heterocycles. The van der Waals surface area contributed by atoms with Gasteiger partial charge in [0.1, 0.15) is 17.1 Å². The zero-order valence-electron chi connectivity index (χ0n) is 18.5. The minimum atomic E-state index is -0.507. The standard InChI is InChI=1S/C23H27FN6O2/c1-23(2,3)32-22(31)29-14-12-28(13-15-29)16-20-21(17-8-10-25-11-9-17)30(27-26-20)19-6-4-18(24)5-7-19/h4-11H,12-16H2,1-3H3. The minimum absolute atomic E-state index is 0.281. The van der Waals surface area contributed by atoms with E-state index in [4.69, 9.17) is 4.74 Å². The lowest BCUT2D eigenvalue weighted by Crippen LogP contribution is -2.49. The minimum Gasteiger partial charge on any atom is -0.444 e. The van der Waals surface area contributed by atoms with Crippen LogP contribution < -0.4 is 0 Å². The normalized spacial score (nSPS) is 15.1. The lowest BCUT2D eigenvalue weighted by Gasteiger charge is -2.35. The van der Waals surface area contributed by atoms with Gasteiger partial charge in [-0.2, -0.15) is 0 Å². The molecule has 0 aliphatic carbocycles. The summed E-state index contributed by atoms with van der Waals surface area (Å²) in [6.45, 7) is 8.78. The number of aromatic nitrogens is 4. The van der Waals surface area contributed by atoms with E-state index in [1.54, 1.807) is 34.1 Å². The van der Waals surface area contributed by atoms with Crippen LogP contribution in [0.1, 0.15) is 26.5 Å². The molecular formula is C23H27FN6O2. The van der Waals surface area contributed by atoms with Gasteiger partial charge in [-0.25, -0.2) is 13.9 Å². The number of carbonyl (C=O) groups is 1. The molecule has 3 aromatic rings. The average Bonchev–Trinajstić information content (AvgIpc) is 3.17. The van der Waals surface area contributed by atoms with Crippen LogP contribution in [0.2, 0.25) is 0 Å². The molecule has 168 valence electrons. The van der Waals surface area contributed by atoms with Crippen LogP contribution in [-0.4, -0.2) is 67.7 Å². The Labute approximate surface area is 186 Å². The summed E-state index contributed by atoms with van der Waals surface area (Å²) >= 11 is 0. The third-order valence-corrected chi connectivity index (χ3v) is 5.16. The second kappa shape index (κ2) is 9.04. The Balaban J connectivity index is 1.52. The lowest BCUT2D eigenvalue weighted by atomic mass is 10.1. The molecule has 3 heterocycles. The molecule has 32 heavy (non-hydrogen) atoms. The van der Waals surface area contributed by atoms with Crippen molar-refractivity contribution < 1.29 is 13.9 Å². The first-order valence-electron chi connectivity index (χ1n) is 10.6. The summed E-state index contributed by atoms with van der Waals surface area (Å²) in [7, 11) is 0. The number of benzene rings is 1. The van der Waals surface area contributed by atoms with Crippen molar-refractivity contribution in [2.45, 2.75) is 32.9 Å². The van der Waals surface area contributed by atoms with E-state index in [0.717, 1.165) is 22.6 Å². The zero-order valence-corrected chi connectivity index (χ0v) is 18.5. The van der Waals surface area contributed by atoms with Gasteiger partial charge in [0.25, 0.3) is 0 Å². The van der Waals surface area contributed by atoms with Gasteiger partial charge in [-0.05, 0) is 57.2 Å². The highest BCUT2D eigenvalue weighted by molar-refractivity contribution is 5.68. The van der Waals surface area contributed by atoms with Crippen LogP contribution in [0.4, 0.5) is 9.18 Å². The van der Waals surface area contributed by atoms with Crippen LogP contribution in [-0.2, 0) is 11.3 Å². The predicted octanol–water partition coefficient (Wildman–Crippen LogP) is 3.52. The summed E-state index contributed by atoms with van der Waals surface area (Å²) in [5, 5.41) is 8.79. The van der Waals surface area contributed by atoms with Crippen molar-refractivity contribution in [3.63, 3.8) is 0 Å². The maximum Gasteiger partial charge on any atom is 0.410 e. The van der Waals surface area contributed by atoms with Crippen LogP contribution in [0, 0.1) is 5.82 Å². The van der Waals surface area contributed by atoms with Crippen LogP contribution in [0.15, 0.2) is 48.8 Å². The van der Waals surface area contributed by atoms with Gasteiger partial charge in [0.2, 0.25) is 0 Å². The molecule has 0 radical (unpaired) electrons. The van der Waals surface area contributed by atoms with E-state index in [9.17, 15) is 9.18 Å². The van der Waals surface area contributed by atoms with E-state index in [-0.39, 0.29) is 11.9 Å². The summed E-state index contributed by atoms with van der Waals surface area (Å²) < 4.78 is 20.6. The van der Waals surface area contributed by atoms with Crippen LogP contribution in [0.5, 0.6) is 0 Å². The second-order valence-electron chi connectivity index (χ2n) is 8.75. The highest BCUT2D eigenvalue weighted by Gasteiger charge is 2.27.